The van der Waals surface area contributed by atoms with E-state index in [9.17, 15) is 0 Å². The number of rotatable bonds is 22. The summed E-state index contributed by atoms with van der Waals surface area (Å²) in [4.78, 5) is 0. The zero-order valence-corrected chi connectivity index (χ0v) is 21.2. The maximum atomic E-state index is 8.59. The van der Waals surface area contributed by atoms with E-state index in [4.69, 9.17) is 24.1 Å². The molecule has 0 heterocycles. The molecule has 0 unspecified atom stereocenters. The summed E-state index contributed by atoms with van der Waals surface area (Å²) in [5, 5.41) is 8.59. The molecule has 0 fully saturated rings. The molecule has 5 nitrogen and oxygen atoms in total. The predicted octanol–water partition coefficient (Wildman–Crippen LogP) is 4.43. The van der Waals surface area contributed by atoms with Gasteiger partial charge in [0.25, 0.3) is 0 Å². The van der Waals surface area contributed by atoms with Crippen molar-refractivity contribution in [1.82, 2.24) is 0 Å². The topological polar surface area (TPSA) is 57.2 Å². The van der Waals surface area contributed by atoms with Gasteiger partial charge in [0, 0.05) is 0 Å². The monoisotopic (exact) mass is 498 g/mol. The van der Waals surface area contributed by atoms with Crippen LogP contribution in [0.1, 0.15) is 59.3 Å². The van der Waals surface area contributed by atoms with Crippen LogP contribution in [0.15, 0.2) is 0 Å². The van der Waals surface area contributed by atoms with Gasteiger partial charge in [-0.15, -0.1) is 0 Å². The minimum absolute atomic E-state index is 0.0596. The van der Waals surface area contributed by atoms with E-state index >= 15 is 0 Å². The second-order valence-corrected chi connectivity index (χ2v) is 21.1. The minimum Gasteiger partial charge on any atom is -0.394 e. The van der Waals surface area contributed by atoms with Crippen LogP contribution in [0.5, 0.6) is 0 Å². The van der Waals surface area contributed by atoms with Crippen molar-refractivity contribution in [2.45, 2.75) is 72.6 Å². The third kappa shape index (κ3) is 17.2. The van der Waals surface area contributed by atoms with Crippen LogP contribution in [0.25, 0.3) is 0 Å². The maximum absolute atomic E-state index is 8.59. The first-order valence-electron chi connectivity index (χ1n) is 11.2. The Bertz CT molecular complexity index is 270. The zero-order valence-electron chi connectivity index (χ0n) is 18.3. The van der Waals surface area contributed by atoms with E-state index in [0.717, 1.165) is 4.62 Å². The van der Waals surface area contributed by atoms with Crippen molar-refractivity contribution in [1.29, 1.82) is 0 Å². The van der Waals surface area contributed by atoms with Gasteiger partial charge < -0.3 is 5.11 Å². The molecule has 6 heteroatoms. The van der Waals surface area contributed by atoms with Gasteiger partial charge in [-0.1, -0.05) is 0 Å². The summed E-state index contributed by atoms with van der Waals surface area (Å²) in [6.45, 7) is 11.0. The van der Waals surface area contributed by atoms with E-state index in [1.54, 1.807) is 0 Å². The Morgan fingerprint density at radius 2 is 0.926 bits per heavy atom. The van der Waals surface area contributed by atoms with E-state index in [1.165, 1.54) is 51.8 Å². The molecule has 0 rings (SSSR count). The van der Waals surface area contributed by atoms with Crippen molar-refractivity contribution in [2.24, 2.45) is 0 Å². The molecule has 164 valence electrons. The minimum atomic E-state index is -2.14. The Morgan fingerprint density at radius 3 is 1.30 bits per heavy atom. The Kier molecular flexibility index (Phi) is 21.8. The van der Waals surface area contributed by atoms with Gasteiger partial charge in [0.05, 0.1) is 6.61 Å². The molecule has 27 heavy (non-hydrogen) atoms. The molecule has 0 aliphatic heterocycles. The van der Waals surface area contributed by atoms with E-state index in [2.05, 4.69) is 20.8 Å². The molecule has 0 aromatic carbocycles. The number of hydrogen-bond donors (Lipinski definition) is 1. The molecule has 0 aromatic heterocycles. The number of ether oxygens (including phenoxy) is 4. The van der Waals surface area contributed by atoms with E-state index in [-0.39, 0.29) is 6.61 Å². The summed E-state index contributed by atoms with van der Waals surface area (Å²) < 4.78 is 27.9. The first kappa shape index (κ1) is 27.6. The fraction of sp³-hybridized carbons (Fsp3) is 1.00. The van der Waals surface area contributed by atoms with Crippen molar-refractivity contribution in [3.05, 3.63) is 0 Å². The van der Waals surface area contributed by atoms with Gasteiger partial charge in [-0.25, -0.2) is 0 Å². The van der Waals surface area contributed by atoms with Crippen molar-refractivity contribution in [3.8, 4) is 0 Å². The molecular formula is C21H46O5Sn. The molecule has 0 atom stereocenters. The van der Waals surface area contributed by atoms with Gasteiger partial charge in [0.2, 0.25) is 0 Å². The second-order valence-electron chi connectivity index (χ2n) is 7.42. The van der Waals surface area contributed by atoms with Crippen LogP contribution in [0, 0.1) is 0 Å². The Hall–Kier alpha value is 0.599. The Balaban J connectivity index is 3.89. The van der Waals surface area contributed by atoms with E-state index < -0.39 is 18.4 Å². The van der Waals surface area contributed by atoms with Crippen LogP contribution < -0.4 is 0 Å². The normalized spacial score (nSPS) is 12.0. The van der Waals surface area contributed by atoms with Crippen LogP contribution in [-0.2, 0) is 18.9 Å². The summed E-state index contributed by atoms with van der Waals surface area (Å²) in [6.07, 6.45) is 8.11. The molecular weight excluding hydrogens is 451 g/mol. The summed E-state index contributed by atoms with van der Waals surface area (Å²) in [7, 11) is 0. The second kappa shape index (κ2) is 21.3. The average Bonchev–Trinajstić information content (AvgIpc) is 2.69. The van der Waals surface area contributed by atoms with Crippen molar-refractivity contribution in [3.63, 3.8) is 0 Å². The van der Waals surface area contributed by atoms with Gasteiger partial charge in [-0.2, -0.15) is 0 Å². The fourth-order valence-corrected chi connectivity index (χ4v) is 17.7. The SMILES string of the molecule is CCC[CH2][Sn]([CH2]CCC)([CH2]CCC)[CH2]OCCOCCOCCOCCO. The summed E-state index contributed by atoms with van der Waals surface area (Å²) in [5.74, 6) is 0. The number of aliphatic hydroxyl groups excluding tert-OH is 1. The first-order chi connectivity index (χ1) is 13.2. The van der Waals surface area contributed by atoms with Crippen LogP contribution in [-0.4, -0.2) is 81.0 Å². The molecule has 0 amide bonds. The molecule has 0 aliphatic carbocycles. The Labute approximate surface area is 172 Å². The summed E-state index contributed by atoms with van der Waals surface area (Å²) in [6, 6.07) is 0. The van der Waals surface area contributed by atoms with Gasteiger partial charge >= 0.3 is 161 Å². The molecule has 1 N–H and O–H groups in total. The summed E-state index contributed by atoms with van der Waals surface area (Å²) in [5.41, 5.74) is 0. The van der Waals surface area contributed by atoms with Crippen molar-refractivity contribution < 1.29 is 24.1 Å². The average molecular weight is 497 g/mol. The van der Waals surface area contributed by atoms with Gasteiger partial charge in [0.1, 0.15) is 0 Å². The Morgan fingerprint density at radius 1 is 0.556 bits per heavy atom. The zero-order chi connectivity index (χ0) is 20.1. The fourth-order valence-electron chi connectivity index (χ4n) is 3.26. The molecule has 0 aromatic rings. The molecule has 0 saturated heterocycles. The number of hydrogen-bond acceptors (Lipinski definition) is 5. The third-order valence-electron chi connectivity index (χ3n) is 4.94. The quantitative estimate of drug-likeness (QED) is 0.177. The standard InChI is InChI=1S/C9H19O5.3C4H9.Sn/c1-11-4-5-13-8-9-14-7-6-12-3-2-10;3*1-3-4-2;/h10H,1-9H2;3*1,3-4H2,2H3;. The summed E-state index contributed by atoms with van der Waals surface area (Å²) >= 11 is -2.14. The third-order valence-corrected chi connectivity index (χ3v) is 19.4. The van der Waals surface area contributed by atoms with E-state index in [0.29, 0.717) is 46.2 Å². The predicted molar refractivity (Wildman–Crippen MR) is 115 cm³/mol. The smallest absolute Gasteiger partial charge is 0.394 e. The van der Waals surface area contributed by atoms with Gasteiger partial charge in [0.15, 0.2) is 0 Å². The van der Waals surface area contributed by atoms with Crippen LogP contribution in [0.2, 0.25) is 13.3 Å². The van der Waals surface area contributed by atoms with Crippen molar-refractivity contribution in [2.75, 3.05) is 57.5 Å². The van der Waals surface area contributed by atoms with E-state index in [1.807, 2.05) is 0 Å². The van der Waals surface area contributed by atoms with Gasteiger partial charge in [-0.05, 0) is 0 Å². The molecule has 0 radical (unpaired) electrons. The number of unbranched alkanes of at least 4 members (excludes halogenated alkanes) is 3. The van der Waals surface area contributed by atoms with Crippen LogP contribution >= 0.6 is 0 Å². The molecule has 0 spiro atoms. The molecule has 0 aliphatic rings. The molecule has 0 saturated carbocycles. The molecule has 0 bridgehead atoms. The van der Waals surface area contributed by atoms with Gasteiger partial charge in [-0.3, -0.25) is 0 Å². The van der Waals surface area contributed by atoms with Crippen LogP contribution in [0.4, 0.5) is 0 Å². The van der Waals surface area contributed by atoms with Crippen LogP contribution in [0.3, 0.4) is 0 Å². The first-order valence-corrected chi connectivity index (χ1v) is 19.2. The number of aliphatic hydroxyl groups is 1. The van der Waals surface area contributed by atoms with Crippen molar-refractivity contribution >= 4 is 18.4 Å².